The van der Waals surface area contributed by atoms with E-state index in [9.17, 15) is 10.1 Å². The molecule has 0 N–H and O–H groups in total. The van der Waals surface area contributed by atoms with Crippen LogP contribution < -0.4 is 4.90 Å². The fourth-order valence-electron chi connectivity index (χ4n) is 2.65. The van der Waals surface area contributed by atoms with E-state index in [-0.39, 0.29) is 11.2 Å². The second-order valence-corrected chi connectivity index (χ2v) is 5.54. The molecule has 8 heteroatoms. The zero-order valence-corrected chi connectivity index (χ0v) is 11.3. The lowest BCUT2D eigenvalue weighted by molar-refractivity contribution is -0.385. The van der Waals surface area contributed by atoms with Crippen molar-refractivity contribution in [2.75, 3.05) is 18.0 Å². The molecule has 0 radical (unpaired) electrons. The summed E-state index contributed by atoms with van der Waals surface area (Å²) in [5.74, 6) is 0.757. The lowest BCUT2D eigenvalue weighted by Gasteiger charge is -2.30. The second-order valence-electron chi connectivity index (χ2n) is 5.54. The van der Waals surface area contributed by atoms with Crippen LogP contribution in [-0.4, -0.2) is 37.8 Å². The molecule has 2 aromatic heterocycles. The summed E-state index contributed by atoms with van der Waals surface area (Å²) in [6.45, 7) is 2.02. The molecule has 0 aromatic carbocycles. The fourth-order valence-corrected chi connectivity index (χ4v) is 2.65. The molecule has 1 saturated heterocycles. The number of nitrogens with zero attached hydrogens (tertiary/aromatic N) is 6. The lowest BCUT2D eigenvalue weighted by atomic mass is 10.1. The van der Waals surface area contributed by atoms with Crippen molar-refractivity contribution in [3.63, 3.8) is 0 Å². The maximum Gasteiger partial charge on any atom is 0.307 e. The van der Waals surface area contributed by atoms with E-state index in [4.69, 9.17) is 0 Å². The Bertz CT molecular complexity index is 687. The van der Waals surface area contributed by atoms with Gasteiger partial charge in [-0.05, 0) is 19.3 Å². The van der Waals surface area contributed by atoms with Gasteiger partial charge >= 0.3 is 5.69 Å². The van der Waals surface area contributed by atoms with Crippen LogP contribution in [0.25, 0.3) is 0 Å². The van der Waals surface area contributed by atoms with Gasteiger partial charge in [-0.15, -0.1) is 0 Å². The van der Waals surface area contributed by atoms with Crippen LogP contribution in [0.1, 0.15) is 24.8 Å². The molecule has 21 heavy (non-hydrogen) atoms. The van der Waals surface area contributed by atoms with Gasteiger partial charge in [0.2, 0.25) is 5.95 Å². The van der Waals surface area contributed by atoms with Crippen LogP contribution >= 0.6 is 0 Å². The topological polar surface area (TPSA) is 90.0 Å². The molecular weight excluding hydrogens is 272 g/mol. The molecule has 0 amide bonds. The van der Waals surface area contributed by atoms with Crippen LogP contribution in [0.15, 0.2) is 24.8 Å². The summed E-state index contributed by atoms with van der Waals surface area (Å²) < 4.78 is 1.67. The van der Waals surface area contributed by atoms with Gasteiger partial charge < -0.3 is 4.90 Å². The van der Waals surface area contributed by atoms with Crippen molar-refractivity contribution in [1.82, 2.24) is 19.7 Å². The molecule has 0 atom stereocenters. The number of hydrogen-bond acceptors (Lipinski definition) is 6. The molecule has 1 aliphatic heterocycles. The second kappa shape index (κ2) is 4.24. The van der Waals surface area contributed by atoms with Crippen molar-refractivity contribution >= 4 is 11.6 Å². The highest BCUT2D eigenvalue weighted by atomic mass is 16.6. The van der Waals surface area contributed by atoms with E-state index in [0.29, 0.717) is 0 Å². The highest BCUT2D eigenvalue weighted by molar-refractivity contribution is 5.36. The van der Waals surface area contributed by atoms with Crippen LogP contribution in [0.3, 0.4) is 0 Å². The van der Waals surface area contributed by atoms with Crippen LogP contribution in [0.4, 0.5) is 11.6 Å². The summed E-state index contributed by atoms with van der Waals surface area (Å²) in [6, 6.07) is 0. The average Bonchev–Trinajstić information content (AvgIpc) is 3.07. The summed E-state index contributed by atoms with van der Waals surface area (Å²) in [5, 5.41) is 14.9. The van der Waals surface area contributed by atoms with Gasteiger partial charge in [-0.2, -0.15) is 5.10 Å². The first kappa shape index (κ1) is 12.2. The molecule has 0 unspecified atom stereocenters. The summed E-state index contributed by atoms with van der Waals surface area (Å²) in [5.41, 5.74) is 0.672. The van der Waals surface area contributed by atoms with Crippen molar-refractivity contribution in [2.45, 2.75) is 24.8 Å². The Morgan fingerprint density at radius 1 is 1.19 bits per heavy atom. The number of rotatable bonds is 4. The Kier molecular flexibility index (Phi) is 2.47. The van der Waals surface area contributed by atoms with Crippen molar-refractivity contribution in [1.29, 1.82) is 0 Å². The van der Waals surface area contributed by atoms with Gasteiger partial charge in [0.25, 0.3) is 0 Å². The zero-order valence-electron chi connectivity index (χ0n) is 11.3. The standard InChI is InChI=1S/C13H14N6O2/c20-19(21)11-8-16-18(9-11)13(2-3-13)10-6-14-12(15-7-10)17-4-1-5-17/h6-9H,1-5H2. The molecule has 4 rings (SSSR count). The first-order valence-corrected chi connectivity index (χ1v) is 6.96. The third kappa shape index (κ3) is 1.86. The monoisotopic (exact) mass is 286 g/mol. The Balaban J connectivity index is 1.63. The quantitative estimate of drug-likeness (QED) is 0.622. The Morgan fingerprint density at radius 2 is 1.90 bits per heavy atom. The van der Waals surface area contributed by atoms with E-state index in [1.807, 2.05) is 12.4 Å². The Labute approximate surface area is 120 Å². The number of anilines is 1. The van der Waals surface area contributed by atoms with E-state index < -0.39 is 4.92 Å². The summed E-state index contributed by atoms with van der Waals surface area (Å²) in [4.78, 5) is 21.3. The molecule has 8 nitrogen and oxygen atoms in total. The summed E-state index contributed by atoms with van der Waals surface area (Å²) >= 11 is 0. The molecule has 1 aliphatic carbocycles. The predicted molar refractivity (Wildman–Crippen MR) is 74.1 cm³/mol. The highest BCUT2D eigenvalue weighted by Gasteiger charge is 2.48. The van der Waals surface area contributed by atoms with E-state index in [2.05, 4.69) is 20.0 Å². The van der Waals surface area contributed by atoms with E-state index in [0.717, 1.165) is 37.4 Å². The van der Waals surface area contributed by atoms with Gasteiger partial charge in [-0.3, -0.25) is 14.8 Å². The van der Waals surface area contributed by atoms with E-state index in [1.54, 1.807) is 4.68 Å². The van der Waals surface area contributed by atoms with Crippen LogP contribution in [0.2, 0.25) is 0 Å². The largest absolute Gasteiger partial charge is 0.341 e. The van der Waals surface area contributed by atoms with Crippen LogP contribution in [0.5, 0.6) is 0 Å². The minimum Gasteiger partial charge on any atom is -0.341 e. The first-order valence-electron chi connectivity index (χ1n) is 6.96. The van der Waals surface area contributed by atoms with Gasteiger partial charge in [-0.25, -0.2) is 9.97 Å². The van der Waals surface area contributed by atoms with Crippen molar-refractivity contribution in [3.8, 4) is 0 Å². The molecule has 2 fully saturated rings. The van der Waals surface area contributed by atoms with E-state index >= 15 is 0 Å². The molecule has 0 bridgehead atoms. The highest BCUT2D eigenvalue weighted by Crippen LogP contribution is 2.49. The predicted octanol–water partition coefficient (Wildman–Crippen LogP) is 1.33. The molecule has 2 aliphatic rings. The number of aromatic nitrogens is 4. The Hall–Kier alpha value is -2.51. The molecule has 3 heterocycles. The average molecular weight is 286 g/mol. The summed E-state index contributed by atoms with van der Waals surface area (Å²) in [7, 11) is 0. The first-order chi connectivity index (χ1) is 10.2. The third-order valence-corrected chi connectivity index (χ3v) is 4.26. The van der Waals surface area contributed by atoms with Gasteiger partial charge in [0, 0.05) is 31.0 Å². The van der Waals surface area contributed by atoms with Crippen molar-refractivity contribution in [2.24, 2.45) is 0 Å². The Morgan fingerprint density at radius 3 is 2.38 bits per heavy atom. The SMILES string of the molecule is O=[N+]([O-])c1cnn(C2(c3cnc(N4CCC4)nc3)CC2)c1. The number of hydrogen-bond donors (Lipinski definition) is 0. The molecule has 1 saturated carbocycles. The van der Waals surface area contributed by atoms with Crippen LogP contribution in [0, 0.1) is 10.1 Å². The third-order valence-electron chi connectivity index (χ3n) is 4.26. The van der Waals surface area contributed by atoms with E-state index in [1.165, 1.54) is 18.8 Å². The molecule has 0 spiro atoms. The van der Waals surface area contributed by atoms with Gasteiger partial charge in [0.15, 0.2) is 0 Å². The molecule has 2 aromatic rings. The normalized spacial score (nSPS) is 19.1. The minimum atomic E-state index is -0.428. The van der Waals surface area contributed by atoms with Crippen molar-refractivity contribution in [3.05, 3.63) is 40.5 Å². The maximum atomic E-state index is 10.8. The lowest BCUT2D eigenvalue weighted by Crippen LogP contribution is -2.38. The molecular formula is C13H14N6O2. The van der Waals surface area contributed by atoms with Crippen molar-refractivity contribution < 1.29 is 4.92 Å². The molecule has 108 valence electrons. The van der Waals surface area contributed by atoms with Gasteiger partial charge in [-0.1, -0.05) is 0 Å². The summed E-state index contributed by atoms with van der Waals surface area (Å²) in [6.07, 6.45) is 9.40. The van der Waals surface area contributed by atoms with Gasteiger partial charge in [0.05, 0.1) is 10.5 Å². The minimum absolute atomic E-state index is 0.0133. The zero-order chi connectivity index (χ0) is 14.4. The maximum absolute atomic E-state index is 10.8. The van der Waals surface area contributed by atoms with Crippen LogP contribution in [-0.2, 0) is 5.54 Å². The fraction of sp³-hybridized carbons (Fsp3) is 0.462. The van der Waals surface area contributed by atoms with Gasteiger partial charge in [0.1, 0.15) is 12.4 Å². The smallest absolute Gasteiger partial charge is 0.307 e. The number of nitro groups is 1.